The highest BCUT2D eigenvalue weighted by atomic mass is 16.2. The number of para-hydroxylation sites is 3. The number of carbonyl (C=O) groups is 1. The van der Waals surface area contributed by atoms with E-state index in [-0.39, 0.29) is 12.3 Å². The van der Waals surface area contributed by atoms with E-state index in [0.717, 1.165) is 59.7 Å². The molecule has 4 aromatic rings. The van der Waals surface area contributed by atoms with Crippen molar-refractivity contribution in [3.63, 3.8) is 0 Å². The van der Waals surface area contributed by atoms with Gasteiger partial charge in [0.05, 0.1) is 40.6 Å². The molecule has 1 fully saturated rings. The molecule has 1 saturated heterocycles. The van der Waals surface area contributed by atoms with Gasteiger partial charge < -0.3 is 9.47 Å². The Labute approximate surface area is 192 Å². The predicted molar refractivity (Wildman–Crippen MR) is 130 cm³/mol. The number of aromatic nitrogens is 4. The molecule has 0 radical (unpaired) electrons. The third-order valence-corrected chi connectivity index (χ3v) is 6.07. The molecule has 1 aliphatic rings. The Balaban J connectivity index is 1.37. The molecule has 0 bridgehead atoms. The van der Waals surface area contributed by atoms with Gasteiger partial charge in [0.1, 0.15) is 11.6 Å². The van der Waals surface area contributed by atoms with Gasteiger partial charge in [0.15, 0.2) is 0 Å². The van der Waals surface area contributed by atoms with Crippen molar-refractivity contribution in [2.45, 2.75) is 26.2 Å². The van der Waals surface area contributed by atoms with Crippen molar-refractivity contribution in [2.24, 2.45) is 12.1 Å². The molecule has 1 aliphatic heterocycles. The number of amides is 1. The highest BCUT2D eigenvalue weighted by molar-refractivity contribution is 5.90. The van der Waals surface area contributed by atoms with E-state index in [4.69, 9.17) is 5.10 Å². The van der Waals surface area contributed by atoms with Crippen molar-refractivity contribution >= 4 is 29.0 Å². The van der Waals surface area contributed by atoms with Crippen molar-refractivity contribution in [3.05, 3.63) is 71.7 Å². The fourth-order valence-electron chi connectivity index (χ4n) is 4.37. The van der Waals surface area contributed by atoms with Crippen molar-refractivity contribution < 1.29 is 4.79 Å². The van der Waals surface area contributed by atoms with Crippen LogP contribution in [0.25, 0.3) is 16.7 Å². The maximum absolute atomic E-state index is 12.6. The van der Waals surface area contributed by atoms with E-state index in [2.05, 4.69) is 20.4 Å². The molecule has 8 nitrogen and oxygen atoms in total. The monoisotopic (exact) mass is 441 g/mol. The van der Waals surface area contributed by atoms with E-state index in [1.165, 1.54) is 0 Å². The molecule has 0 unspecified atom stereocenters. The molecule has 2 aromatic carbocycles. The van der Waals surface area contributed by atoms with Crippen LogP contribution in [0.5, 0.6) is 0 Å². The summed E-state index contributed by atoms with van der Waals surface area (Å²) >= 11 is 0. The van der Waals surface area contributed by atoms with E-state index in [1.54, 1.807) is 6.21 Å². The largest absolute Gasteiger partial charge is 0.356 e. The van der Waals surface area contributed by atoms with Crippen LogP contribution in [0.1, 0.15) is 29.9 Å². The first kappa shape index (κ1) is 20.9. The maximum Gasteiger partial charge on any atom is 0.247 e. The molecule has 1 N–H and O–H groups in total. The topological polar surface area (TPSA) is 80.3 Å². The zero-order valence-corrected chi connectivity index (χ0v) is 18.9. The standard InChI is InChI=1S/C25H27N7O/c1-18-20(25(31-14-8-9-15-31)32(29-18)19-10-4-3-5-11-19)17-26-28-24(33)16-23-27-21-12-6-7-13-22(21)30(23)2/h3-7,10-13,17H,8-9,14-16H2,1-2H3,(H,28,33). The quantitative estimate of drug-likeness (QED) is 0.368. The van der Waals surface area contributed by atoms with Crippen LogP contribution in [0.4, 0.5) is 5.82 Å². The summed E-state index contributed by atoms with van der Waals surface area (Å²) < 4.78 is 3.92. The second kappa shape index (κ2) is 8.90. The molecular weight excluding hydrogens is 414 g/mol. The summed E-state index contributed by atoms with van der Waals surface area (Å²) in [5, 5.41) is 9.06. The van der Waals surface area contributed by atoms with Crippen molar-refractivity contribution in [2.75, 3.05) is 18.0 Å². The number of nitrogens with zero attached hydrogens (tertiary/aromatic N) is 6. The van der Waals surface area contributed by atoms with Gasteiger partial charge in [-0.15, -0.1) is 0 Å². The number of rotatable bonds is 6. The molecular formula is C25H27N7O. The zero-order valence-electron chi connectivity index (χ0n) is 18.9. The van der Waals surface area contributed by atoms with Crippen LogP contribution in [0, 0.1) is 6.92 Å². The summed E-state index contributed by atoms with van der Waals surface area (Å²) in [4.78, 5) is 19.5. The number of aryl methyl sites for hydroxylation is 2. The fourth-order valence-corrected chi connectivity index (χ4v) is 4.37. The Kier molecular flexibility index (Phi) is 5.64. The van der Waals surface area contributed by atoms with Gasteiger partial charge in [-0.05, 0) is 44.0 Å². The molecule has 33 heavy (non-hydrogen) atoms. The number of fused-ring (bicyclic) bond motifs is 1. The minimum atomic E-state index is -0.208. The molecule has 0 aliphatic carbocycles. The first-order valence-corrected chi connectivity index (χ1v) is 11.2. The van der Waals surface area contributed by atoms with Gasteiger partial charge >= 0.3 is 0 Å². The highest BCUT2D eigenvalue weighted by Gasteiger charge is 2.23. The number of anilines is 1. The Morgan fingerprint density at radius 3 is 2.58 bits per heavy atom. The number of imidazole rings is 1. The molecule has 0 spiro atoms. The summed E-state index contributed by atoms with van der Waals surface area (Å²) in [6.07, 6.45) is 4.18. The lowest BCUT2D eigenvalue weighted by molar-refractivity contribution is -0.120. The van der Waals surface area contributed by atoms with Gasteiger partial charge in [0, 0.05) is 20.1 Å². The minimum Gasteiger partial charge on any atom is -0.356 e. The molecule has 0 atom stereocenters. The smallest absolute Gasteiger partial charge is 0.247 e. The first-order chi connectivity index (χ1) is 16.1. The van der Waals surface area contributed by atoms with Crippen molar-refractivity contribution in [3.8, 4) is 5.69 Å². The minimum absolute atomic E-state index is 0.157. The van der Waals surface area contributed by atoms with Crippen molar-refractivity contribution in [1.29, 1.82) is 0 Å². The van der Waals surface area contributed by atoms with Crippen LogP contribution in [0.2, 0.25) is 0 Å². The molecule has 1 amide bonds. The summed E-state index contributed by atoms with van der Waals surface area (Å²) in [6, 6.07) is 18.0. The molecule has 8 heteroatoms. The third-order valence-electron chi connectivity index (χ3n) is 6.07. The molecule has 168 valence electrons. The maximum atomic E-state index is 12.6. The molecule has 0 saturated carbocycles. The molecule has 2 aromatic heterocycles. The van der Waals surface area contributed by atoms with Crippen LogP contribution in [-0.2, 0) is 18.3 Å². The number of hydrazone groups is 1. The van der Waals surface area contributed by atoms with E-state index in [0.29, 0.717) is 5.82 Å². The Morgan fingerprint density at radius 1 is 1.09 bits per heavy atom. The lowest BCUT2D eigenvalue weighted by atomic mass is 10.2. The van der Waals surface area contributed by atoms with E-state index in [1.807, 2.05) is 77.8 Å². The summed E-state index contributed by atoms with van der Waals surface area (Å²) in [7, 11) is 1.92. The number of benzene rings is 2. The highest BCUT2D eigenvalue weighted by Crippen LogP contribution is 2.29. The summed E-state index contributed by atoms with van der Waals surface area (Å²) in [5.41, 5.74) is 7.35. The number of hydrogen-bond acceptors (Lipinski definition) is 5. The normalized spacial score (nSPS) is 13.9. The number of hydrogen-bond donors (Lipinski definition) is 1. The second-order valence-corrected chi connectivity index (χ2v) is 8.31. The molecule has 3 heterocycles. The SMILES string of the molecule is Cc1nn(-c2ccccc2)c(N2CCCC2)c1C=NNC(=O)Cc1nc2ccccc2n1C. The van der Waals surface area contributed by atoms with E-state index in [9.17, 15) is 4.79 Å². The lowest BCUT2D eigenvalue weighted by Gasteiger charge is -2.20. The van der Waals surface area contributed by atoms with Gasteiger partial charge in [-0.1, -0.05) is 30.3 Å². The van der Waals surface area contributed by atoms with Crippen LogP contribution in [-0.4, -0.2) is 44.5 Å². The fraction of sp³-hybridized carbons (Fsp3) is 0.280. The van der Waals surface area contributed by atoms with E-state index < -0.39 is 0 Å². The Bertz CT molecular complexity index is 1310. The summed E-state index contributed by atoms with van der Waals surface area (Å²) in [5.74, 6) is 1.51. The first-order valence-electron chi connectivity index (χ1n) is 11.2. The number of nitrogens with one attached hydrogen (secondary N) is 1. The van der Waals surface area contributed by atoms with Crippen LogP contribution in [0.3, 0.4) is 0 Å². The molecule has 5 rings (SSSR count). The van der Waals surface area contributed by atoms with Gasteiger partial charge in [-0.2, -0.15) is 10.2 Å². The van der Waals surface area contributed by atoms with Gasteiger partial charge in [-0.25, -0.2) is 15.1 Å². The zero-order chi connectivity index (χ0) is 22.8. The average molecular weight is 442 g/mol. The van der Waals surface area contributed by atoms with Gasteiger partial charge in [-0.3, -0.25) is 4.79 Å². The predicted octanol–water partition coefficient (Wildman–Crippen LogP) is 3.36. The average Bonchev–Trinajstić information content (AvgIpc) is 3.54. The third kappa shape index (κ3) is 4.11. The van der Waals surface area contributed by atoms with Crippen LogP contribution in [0.15, 0.2) is 59.7 Å². The van der Waals surface area contributed by atoms with Crippen LogP contribution < -0.4 is 10.3 Å². The van der Waals surface area contributed by atoms with Gasteiger partial charge in [0.25, 0.3) is 0 Å². The lowest BCUT2D eigenvalue weighted by Crippen LogP contribution is -2.23. The van der Waals surface area contributed by atoms with Gasteiger partial charge in [0.2, 0.25) is 5.91 Å². The second-order valence-electron chi connectivity index (χ2n) is 8.31. The van der Waals surface area contributed by atoms with Crippen LogP contribution >= 0.6 is 0 Å². The summed E-state index contributed by atoms with van der Waals surface area (Å²) in [6.45, 7) is 3.94. The number of carbonyl (C=O) groups excluding carboxylic acids is 1. The Morgan fingerprint density at radius 2 is 1.82 bits per heavy atom. The van der Waals surface area contributed by atoms with Crippen molar-refractivity contribution in [1.82, 2.24) is 24.8 Å². The Hall–Kier alpha value is -3.94. The van der Waals surface area contributed by atoms with E-state index >= 15 is 0 Å².